The second-order valence-corrected chi connectivity index (χ2v) is 9.13. The van der Waals surface area contributed by atoms with Gasteiger partial charge in [-0.3, -0.25) is 14.4 Å². The van der Waals surface area contributed by atoms with E-state index in [9.17, 15) is 23.9 Å². The van der Waals surface area contributed by atoms with Gasteiger partial charge in [0.05, 0.1) is 6.04 Å². The van der Waals surface area contributed by atoms with Gasteiger partial charge in [-0.2, -0.15) is 4.39 Å². The lowest BCUT2D eigenvalue weighted by molar-refractivity contribution is -0.149. The zero-order chi connectivity index (χ0) is 26.4. The molecule has 190 valence electrons. The number of primary amides is 1. The Labute approximate surface area is 204 Å². The van der Waals surface area contributed by atoms with E-state index in [-0.39, 0.29) is 24.5 Å². The summed E-state index contributed by atoms with van der Waals surface area (Å²) in [4.78, 5) is 44.9. The maximum absolute atomic E-state index is 13.5. The molecule has 2 aromatic rings. The summed E-state index contributed by atoms with van der Waals surface area (Å²) < 4.78 is 13.4. The Kier molecular flexibility index (Phi) is 9.30. The maximum Gasteiger partial charge on any atom is 0.246 e. The number of phenolic OH excluding ortho intramolecular Hbond substituents is 1. The number of hydrogen-bond acceptors (Lipinski definition) is 6. The summed E-state index contributed by atoms with van der Waals surface area (Å²) in [6.07, 6.45) is 1.51. The smallest absolute Gasteiger partial charge is 0.246 e. The number of nitrogens with zero attached hydrogens (tertiary/aromatic N) is 3. The number of aromatic nitrogens is 1. The fraction of sp³-hybridized carbons (Fsp3) is 0.440. The lowest BCUT2D eigenvalue weighted by Crippen LogP contribution is -2.58. The standard InChI is InChI=1S/C25H34FN5O4/c1-14(2)22(31(5)24(34)18(27)11-17-8-9-29-21(26)13-17)25(35)30(4)19(23(28)33)12-16-6-7-20(32)15(3)10-16/h6-10,13-14,18-19,22,32H,11-12,27H2,1-5H3,(H2,28,33)/t18?,19?,22-/m0/s1. The summed E-state index contributed by atoms with van der Waals surface area (Å²) in [6.45, 7) is 5.30. The molecule has 0 fully saturated rings. The number of rotatable bonds is 10. The van der Waals surface area contributed by atoms with Crippen molar-refractivity contribution in [2.45, 2.75) is 51.7 Å². The number of aromatic hydroxyl groups is 1. The molecule has 3 amide bonds. The molecule has 2 unspecified atom stereocenters. The van der Waals surface area contributed by atoms with Crippen LogP contribution in [0.3, 0.4) is 0 Å². The van der Waals surface area contributed by atoms with Crippen molar-refractivity contribution >= 4 is 17.7 Å². The highest BCUT2D eigenvalue weighted by atomic mass is 19.1. The summed E-state index contributed by atoms with van der Waals surface area (Å²) in [6, 6.07) is 4.79. The molecule has 0 aliphatic rings. The third-order valence-corrected chi connectivity index (χ3v) is 6.05. The molecule has 0 spiro atoms. The fourth-order valence-corrected chi connectivity index (χ4v) is 4.07. The number of likely N-dealkylation sites (N-methyl/N-ethyl adjacent to an activating group) is 2. The number of phenols is 1. The molecule has 0 bridgehead atoms. The Morgan fingerprint density at radius 3 is 2.20 bits per heavy atom. The number of benzene rings is 1. The predicted molar refractivity (Wildman–Crippen MR) is 130 cm³/mol. The monoisotopic (exact) mass is 487 g/mol. The molecule has 5 N–H and O–H groups in total. The minimum atomic E-state index is -1.01. The van der Waals surface area contributed by atoms with Gasteiger partial charge < -0.3 is 26.4 Å². The first kappa shape index (κ1) is 27.7. The van der Waals surface area contributed by atoms with E-state index in [1.165, 1.54) is 42.2 Å². The molecule has 35 heavy (non-hydrogen) atoms. The number of aryl methyl sites for hydroxylation is 1. The van der Waals surface area contributed by atoms with Crippen LogP contribution in [0.2, 0.25) is 0 Å². The van der Waals surface area contributed by atoms with Crippen LogP contribution in [0, 0.1) is 18.8 Å². The average Bonchev–Trinajstić information content (AvgIpc) is 2.78. The molecule has 0 aliphatic heterocycles. The summed E-state index contributed by atoms with van der Waals surface area (Å²) in [5.74, 6) is -2.49. The van der Waals surface area contributed by atoms with Crippen LogP contribution < -0.4 is 11.5 Å². The Bertz CT molecular complexity index is 1080. The van der Waals surface area contributed by atoms with Gasteiger partial charge >= 0.3 is 0 Å². The highest BCUT2D eigenvalue weighted by Gasteiger charge is 2.37. The van der Waals surface area contributed by atoms with Crippen LogP contribution in [-0.4, -0.2) is 69.8 Å². The maximum atomic E-state index is 13.5. The third kappa shape index (κ3) is 6.98. The zero-order valence-corrected chi connectivity index (χ0v) is 20.7. The SMILES string of the molecule is Cc1cc(CC(C(N)=O)N(C)C(=O)[C@H](C(C)C)N(C)C(=O)C(N)Cc2ccnc(F)c2)ccc1O. The lowest BCUT2D eigenvalue weighted by atomic mass is 9.97. The molecule has 0 saturated heterocycles. The minimum Gasteiger partial charge on any atom is -0.508 e. The molecule has 2 rings (SSSR count). The molecule has 1 aromatic carbocycles. The van der Waals surface area contributed by atoms with Crippen molar-refractivity contribution in [1.29, 1.82) is 0 Å². The van der Waals surface area contributed by atoms with Gasteiger partial charge in [0.25, 0.3) is 0 Å². The Balaban J connectivity index is 2.22. The summed E-state index contributed by atoms with van der Waals surface area (Å²) in [5.41, 5.74) is 13.6. The number of pyridine rings is 1. The van der Waals surface area contributed by atoms with E-state index in [1.807, 2.05) is 0 Å². The van der Waals surface area contributed by atoms with E-state index in [4.69, 9.17) is 11.5 Å². The van der Waals surface area contributed by atoms with E-state index in [0.717, 1.165) is 5.56 Å². The third-order valence-electron chi connectivity index (χ3n) is 6.05. The van der Waals surface area contributed by atoms with E-state index in [1.54, 1.807) is 39.0 Å². The van der Waals surface area contributed by atoms with E-state index < -0.39 is 41.8 Å². The molecular formula is C25H34FN5O4. The Morgan fingerprint density at radius 2 is 1.66 bits per heavy atom. The van der Waals surface area contributed by atoms with Crippen molar-refractivity contribution < 1.29 is 23.9 Å². The Hall–Kier alpha value is -3.53. The number of carbonyl (C=O) groups excluding carboxylic acids is 3. The molecule has 0 saturated carbocycles. The van der Waals surface area contributed by atoms with Crippen LogP contribution in [0.1, 0.15) is 30.5 Å². The minimum absolute atomic E-state index is 0.0710. The molecule has 0 aliphatic carbocycles. The number of halogens is 1. The lowest BCUT2D eigenvalue weighted by Gasteiger charge is -2.36. The number of amides is 3. The van der Waals surface area contributed by atoms with Crippen LogP contribution >= 0.6 is 0 Å². The number of hydrogen-bond donors (Lipinski definition) is 3. The molecule has 0 radical (unpaired) electrons. The first-order valence-electron chi connectivity index (χ1n) is 11.3. The van der Waals surface area contributed by atoms with Crippen molar-refractivity contribution in [1.82, 2.24) is 14.8 Å². The summed E-state index contributed by atoms with van der Waals surface area (Å²) in [5, 5.41) is 9.76. The van der Waals surface area contributed by atoms with Crippen molar-refractivity contribution in [3.05, 3.63) is 59.2 Å². The first-order chi connectivity index (χ1) is 16.3. The topological polar surface area (TPSA) is 143 Å². The second kappa shape index (κ2) is 11.7. The summed E-state index contributed by atoms with van der Waals surface area (Å²) in [7, 11) is 2.95. The zero-order valence-electron chi connectivity index (χ0n) is 20.7. The predicted octanol–water partition coefficient (Wildman–Crippen LogP) is 1.14. The largest absolute Gasteiger partial charge is 0.508 e. The molecular weight excluding hydrogens is 453 g/mol. The van der Waals surface area contributed by atoms with Crippen LogP contribution in [0.4, 0.5) is 4.39 Å². The van der Waals surface area contributed by atoms with Crippen LogP contribution in [-0.2, 0) is 27.2 Å². The average molecular weight is 488 g/mol. The van der Waals surface area contributed by atoms with Crippen molar-refractivity contribution in [2.24, 2.45) is 17.4 Å². The number of carbonyl (C=O) groups is 3. The van der Waals surface area contributed by atoms with E-state index >= 15 is 0 Å². The molecule has 1 heterocycles. The normalized spacial score (nSPS) is 13.7. The highest BCUT2D eigenvalue weighted by Crippen LogP contribution is 2.21. The van der Waals surface area contributed by atoms with Gasteiger partial charge in [0, 0.05) is 26.7 Å². The first-order valence-corrected chi connectivity index (χ1v) is 11.3. The van der Waals surface area contributed by atoms with Crippen molar-refractivity contribution in [3.63, 3.8) is 0 Å². The van der Waals surface area contributed by atoms with Crippen LogP contribution in [0.15, 0.2) is 36.5 Å². The second-order valence-electron chi connectivity index (χ2n) is 9.13. The van der Waals surface area contributed by atoms with E-state index in [0.29, 0.717) is 11.1 Å². The summed E-state index contributed by atoms with van der Waals surface area (Å²) >= 11 is 0. The van der Waals surface area contributed by atoms with Gasteiger partial charge in [0.2, 0.25) is 23.7 Å². The van der Waals surface area contributed by atoms with Gasteiger partial charge in [-0.1, -0.05) is 26.0 Å². The van der Waals surface area contributed by atoms with E-state index in [2.05, 4.69) is 4.98 Å². The molecule has 1 aromatic heterocycles. The highest BCUT2D eigenvalue weighted by molar-refractivity contribution is 5.92. The van der Waals surface area contributed by atoms with Crippen LogP contribution in [0.5, 0.6) is 5.75 Å². The van der Waals surface area contributed by atoms with Crippen LogP contribution in [0.25, 0.3) is 0 Å². The molecule has 3 atom stereocenters. The van der Waals surface area contributed by atoms with Crippen molar-refractivity contribution in [3.8, 4) is 5.75 Å². The number of nitrogens with two attached hydrogens (primary N) is 2. The molecule has 10 heteroatoms. The van der Waals surface area contributed by atoms with Gasteiger partial charge in [-0.05, 0) is 54.2 Å². The quantitative estimate of drug-likeness (QED) is 0.429. The van der Waals surface area contributed by atoms with Crippen molar-refractivity contribution in [2.75, 3.05) is 14.1 Å². The van der Waals surface area contributed by atoms with Gasteiger partial charge in [0.15, 0.2) is 0 Å². The van der Waals surface area contributed by atoms with Gasteiger partial charge in [0.1, 0.15) is 17.8 Å². The molecule has 9 nitrogen and oxygen atoms in total. The Morgan fingerprint density at radius 1 is 1.03 bits per heavy atom. The fourth-order valence-electron chi connectivity index (χ4n) is 4.07. The van der Waals surface area contributed by atoms with Gasteiger partial charge in [-0.15, -0.1) is 0 Å². The van der Waals surface area contributed by atoms with Gasteiger partial charge in [-0.25, -0.2) is 4.98 Å².